The van der Waals surface area contributed by atoms with Gasteiger partial charge in [-0.15, -0.1) is 0 Å². The lowest BCUT2D eigenvalue weighted by molar-refractivity contribution is 0.0695. The van der Waals surface area contributed by atoms with E-state index < -0.39 is 22.8 Å². The van der Waals surface area contributed by atoms with Crippen LogP contribution in [0.25, 0.3) is 10.9 Å². The minimum atomic E-state index is -1.32. The molecule has 1 saturated heterocycles. The Hall–Kier alpha value is -3.46. The smallest absolute Gasteiger partial charge is 0.341 e. The zero-order valence-electron chi connectivity index (χ0n) is 18.5. The maximum absolute atomic E-state index is 15.6. The van der Waals surface area contributed by atoms with Gasteiger partial charge in [-0.3, -0.25) is 9.78 Å². The molecule has 1 saturated carbocycles. The van der Waals surface area contributed by atoms with Gasteiger partial charge in [-0.2, -0.15) is 0 Å². The second-order valence-electron chi connectivity index (χ2n) is 8.70. The average molecular weight is 452 g/mol. The Labute approximate surface area is 189 Å². The van der Waals surface area contributed by atoms with Crippen molar-refractivity contribution in [2.24, 2.45) is 0 Å². The maximum Gasteiger partial charge on any atom is 0.341 e. The van der Waals surface area contributed by atoms with E-state index in [-0.39, 0.29) is 28.4 Å². The van der Waals surface area contributed by atoms with E-state index in [0.717, 1.165) is 30.9 Å². The normalized spacial score (nSPS) is 20.4. The number of methoxy groups -OCH3 is 1. The van der Waals surface area contributed by atoms with Crippen LogP contribution >= 0.6 is 0 Å². The van der Waals surface area contributed by atoms with Crippen molar-refractivity contribution in [2.45, 2.75) is 30.8 Å². The lowest BCUT2D eigenvalue weighted by Gasteiger charge is -2.30. The Morgan fingerprint density at radius 3 is 2.79 bits per heavy atom. The third kappa shape index (κ3) is 3.34. The molecule has 0 spiro atoms. The molecule has 2 aromatic heterocycles. The Balaban J connectivity index is 1.69. The first kappa shape index (κ1) is 21.4. The highest BCUT2D eigenvalue weighted by atomic mass is 19.1. The second kappa shape index (κ2) is 7.84. The van der Waals surface area contributed by atoms with Gasteiger partial charge in [-0.05, 0) is 44.0 Å². The van der Waals surface area contributed by atoms with Gasteiger partial charge in [0.2, 0.25) is 5.43 Å². The van der Waals surface area contributed by atoms with Gasteiger partial charge in [0.05, 0.1) is 23.6 Å². The molecule has 3 aromatic rings. The molecule has 1 unspecified atom stereocenters. The molecule has 0 amide bonds. The lowest BCUT2D eigenvalue weighted by atomic mass is 9.90. The molecule has 1 aromatic carbocycles. The number of nitrogens with one attached hydrogen (secondary N) is 1. The van der Waals surface area contributed by atoms with E-state index in [9.17, 15) is 14.7 Å². The molecule has 8 nitrogen and oxygen atoms in total. The van der Waals surface area contributed by atoms with Crippen molar-refractivity contribution in [1.82, 2.24) is 14.9 Å². The number of benzene rings is 1. The first-order chi connectivity index (χ1) is 15.9. The van der Waals surface area contributed by atoms with Gasteiger partial charge in [-0.25, -0.2) is 9.18 Å². The van der Waals surface area contributed by atoms with Gasteiger partial charge in [-0.1, -0.05) is 6.07 Å². The number of anilines is 1. The maximum atomic E-state index is 15.6. The number of halogens is 1. The Morgan fingerprint density at radius 2 is 2.18 bits per heavy atom. The van der Waals surface area contributed by atoms with Crippen molar-refractivity contribution in [3.8, 4) is 5.75 Å². The molecule has 2 fully saturated rings. The third-order valence-corrected chi connectivity index (χ3v) is 6.85. The van der Waals surface area contributed by atoms with Gasteiger partial charge in [0, 0.05) is 37.7 Å². The summed E-state index contributed by atoms with van der Waals surface area (Å²) in [4.78, 5) is 30.7. The van der Waals surface area contributed by atoms with Crippen LogP contribution in [0.3, 0.4) is 0 Å². The molecule has 172 valence electrons. The molecule has 5 rings (SSSR count). The van der Waals surface area contributed by atoms with Crippen LogP contribution in [0.15, 0.2) is 41.6 Å². The van der Waals surface area contributed by atoms with Crippen molar-refractivity contribution < 1.29 is 19.0 Å². The number of aromatic carboxylic acids is 1. The number of carboxylic acids is 1. The van der Waals surface area contributed by atoms with Gasteiger partial charge in [0.15, 0.2) is 11.6 Å². The Morgan fingerprint density at radius 1 is 1.39 bits per heavy atom. The van der Waals surface area contributed by atoms with Gasteiger partial charge in [0.25, 0.3) is 0 Å². The number of hydrogen-bond donors (Lipinski definition) is 2. The van der Waals surface area contributed by atoms with Crippen molar-refractivity contribution in [3.63, 3.8) is 0 Å². The summed E-state index contributed by atoms with van der Waals surface area (Å²) in [6, 6.07) is 5.09. The monoisotopic (exact) mass is 452 g/mol. The van der Waals surface area contributed by atoms with Crippen LogP contribution in [-0.4, -0.2) is 47.9 Å². The predicted octanol–water partition coefficient (Wildman–Crippen LogP) is 2.90. The Bertz CT molecular complexity index is 1310. The first-order valence-electron chi connectivity index (χ1n) is 10.9. The van der Waals surface area contributed by atoms with Crippen LogP contribution in [0.1, 0.15) is 41.2 Å². The van der Waals surface area contributed by atoms with Crippen molar-refractivity contribution >= 4 is 22.6 Å². The van der Waals surface area contributed by atoms with E-state index in [1.807, 2.05) is 30.3 Å². The summed E-state index contributed by atoms with van der Waals surface area (Å²) >= 11 is 0. The fourth-order valence-corrected chi connectivity index (χ4v) is 4.95. The molecule has 1 aliphatic carbocycles. The van der Waals surface area contributed by atoms with E-state index in [2.05, 4.69) is 10.3 Å². The Kier molecular flexibility index (Phi) is 5.08. The first-order valence-corrected chi connectivity index (χ1v) is 10.9. The minimum Gasteiger partial charge on any atom is -0.492 e. The van der Waals surface area contributed by atoms with E-state index in [1.54, 1.807) is 10.8 Å². The lowest BCUT2D eigenvalue weighted by Crippen LogP contribution is -2.43. The number of pyridine rings is 2. The fourth-order valence-electron chi connectivity index (χ4n) is 4.95. The zero-order valence-corrected chi connectivity index (χ0v) is 18.5. The molecule has 1 aliphatic heterocycles. The van der Waals surface area contributed by atoms with E-state index in [1.165, 1.54) is 13.3 Å². The number of carboxylic acid groups (broad SMARTS) is 1. The van der Waals surface area contributed by atoms with Gasteiger partial charge >= 0.3 is 5.97 Å². The fraction of sp³-hybridized carbons (Fsp3) is 0.375. The number of carbonyl (C=O) groups is 1. The number of likely N-dealkylation sites (N-methyl/N-ethyl adjacent to an activating group) is 1. The molecule has 2 N–H and O–H groups in total. The molecule has 3 heterocycles. The molecular formula is C24H25FN4O4. The van der Waals surface area contributed by atoms with Crippen LogP contribution in [-0.2, 0) is 5.54 Å². The molecule has 9 heteroatoms. The summed E-state index contributed by atoms with van der Waals surface area (Å²) in [6.45, 7) is 1.05. The predicted molar refractivity (Wildman–Crippen MR) is 122 cm³/mol. The highest BCUT2D eigenvalue weighted by molar-refractivity contribution is 5.97. The highest BCUT2D eigenvalue weighted by Crippen LogP contribution is 2.45. The number of rotatable bonds is 6. The minimum absolute atomic E-state index is 0.0197. The average Bonchev–Trinajstić information content (AvgIpc) is 3.57. The number of hydrogen-bond acceptors (Lipinski definition) is 6. The molecule has 0 bridgehead atoms. The summed E-state index contributed by atoms with van der Waals surface area (Å²) in [5, 5.41) is 12.9. The van der Waals surface area contributed by atoms with Crippen LogP contribution < -0.4 is 20.4 Å². The summed E-state index contributed by atoms with van der Waals surface area (Å²) in [7, 11) is 3.33. The SMILES string of the molecule is CNC1(c2cccnc2)CCN(c2c(F)cc3c(=O)c(C(=O)O)cn(C4CC4)c3c2OC)C1. The second-order valence-corrected chi connectivity index (χ2v) is 8.70. The van der Waals surface area contributed by atoms with Crippen LogP contribution in [0.2, 0.25) is 0 Å². The van der Waals surface area contributed by atoms with Gasteiger partial charge < -0.3 is 24.6 Å². The third-order valence-electron chi connectivity index (χ3n) is 6.85. The summed E-state index contributed by atoms with van der Waals surface area (Å²) in [5.41, 5.74) is 0.244. The number of aromatic nitrogens is 2. The quantitative estimate of drug-likeness (QED) is 0.594. The summed E-state index contributed by atoms with van der Waals surface area (Å²) in [6.07, 6.45) is 7.34. The number of fused-ring (bicyclic) bond motifs is 1. The highest BCUT2D eigenvalue weighted by Gasteiger charge is 2.41. The number of nitrogens with zero attached hydrogens (tertiary/aromatic N) is 3. The zero-order chi connectivity index (χ0) is 23.3. The van der Waals surface area contributed by atoms with Crippen LogP contribution in [0, 0.1) is 5.82 Å². The summed E-state index contributed by atoms with van der Waals surface area (Å²) < 4.78 is 23.1. The van der Waals surface area contributed by atoms with E-state index in [0.29, 0.717) is 18.6 Å². The molecule has 2 aliphatic rings. The van der Waals surface area contributed by atoms with Crippen LogP contribution in [0.5, 0.6) is 5.75 Å². The largest absolute Gasteiger partial charge is 0.492 e. The molecular weight excluding hydrogens is 427 g/mol. The molecule has 0 radical (unpaired) electrons. The van der Waals surface area contributed by atoms with Crippen molar-refractivity contribution in [1.29, 1.82) is 0 Å². The molecule has 1 atom stereocenters. The summed E-state index contributed by atoms with van der Waals surface area (Å²) in [5.74, 6) is -1.68. The van der Waals surface area contributed by atoms with Gasteiger partial charge in [0.1, 0.15) is 11.3 Å². The van der Waals surface area contributed by atoms with E-state index in [4.69, 9.17) is 4.74 Å². The topological polar surface area (TPSA) is 96.7 Å². The standard InChI is InChI=1S/C24H25FN4O4/c1-26-24(14-4-3-8-27-11-14)7-9-28(13-24)20-18(25)10-16-19(22(20)33-2)29(15-5-6-15)12-17(21(16)30)23(31)32/h3-4,8,10-12,15,26H,5-7,9,13H2,1-2H3,(H,31,32). The van der Waals surface area contributed by atoms with Crippen LogP contribution in [0.4, 0.5) is 10.1 Å². The molecule has 33 heavy (non-hydrogen) atoms. The van der Waals surface area contributed by atoms with Crippen molar-refractivity contribution in [2.75, 3.05) is 32.1 Å². The number of ether oxygens (including phenoxy) is 1. The van der Waals surface area contributed by atoms with E-state index >= 15 is 4.39 Å². The van der Waals surface area contributed by atoms with Crippen molar-refractivity contribution in [3.05, 3.63) is 64.0 Å².